The molecule has 3 aromatic rings. The van der Waals surface area contributed by atoms with Gasteiger partial charge in [-0.3, -0.25) is 5.43 Å². The number of hydrogen-bond acceptors (Lipinski definition) is 4. The first-order chi connectivity index (χ1) is 11.2. The summed E-state index contributed by atoms with van der Waals surface area (Å²) in [5, 5.41) is 17.2. The maximum Gasteiger partial charge on any atom is 0.335 e. The number of carbonyl (C=O) groups is 1. The highest BCUT2D eigenvalue weighted by molar-refractivity contribution is 5.88. The van der Waals surface area contributed by atoms with Crippen LogP contribution in [-0.2, 0) is 0 Å². The first kappa shape index (κ1) is 14.5. The molecule has 2 aromatic carbocycles. The molecule has 0 unspecified atom stereocenters. The van der Waals surface area contributed by atoms with Crippen molar-refractivity contribution >= 4 is 17.9 Å². The van der Waals surface area contributed by atoms with Gasteiger partial charge in [-0.15, -0.1) is 0 Å². The molecule has 6 heteroatoms. The fraction of sp³-hybridized carbons (Fsp3) is 0. The second-order valence-corrected chi connectivity index (χ2v) is 4.81. The van der Waals surface area contributed by atoms with Gasteiger partial charge < -0.3 is 5.11 Å². The van der Waals surface area contributed by atoms with Crippen LogP contribution in [-0.4, -0.2) is 27.1 Å². The minimum atomic E-state index is -0.951. The van der Waals surface area contributed by atoms with Gasteiger partial charge in [0.05, 0.1) is 29.3 Å². The first-order valence-electron chi connectivity index (χ1n) is 6.95. The maximum atomic E-state index is 10.8. The molecule has 0 aliphatic rings. The number of hydrogen-bond donors (Lipinski definition) is 2. The van der Waals surface area contributed by atoms with E-state index >= 15 is 0 Å². The monoisotopic (exact) mass is 306 g/mol. The number of para-hydroxylation sites is 1. The normalized spacial score (nSPS) is 10.8. The van der Waals surface area contributed by atoms with Crippen molar-refractivity contribution in [2.75, 3.05) is 5.43 Å². The van der Waals surface area contributed by atoms with Crippen LogP contribution < -0.4 is 5.43 Å². The summed E-state index contributed by atoms with van der Waals surface area (Å²) in [6, 6.07) is 16.2. The molecule has 0 atom stereocenters. The number of aromatic nitrogens is 2. The summed E-state index contributed by atoms with van der Waals surface area (Å²) in [5.41, 5.74) is 5.62. The van der Waals surface area contributed by atoms with E-state index in [1.54, 1.807) is 29.2 Å². The van der Waals surface area contributed by atoms with Crippen LogP contribution in [0.15, 0.2) is 72.1 Å². The summed E-state index contributed by atoms with van der Waals surface area (Å²) in [5.74, 6) is -0.951. The predicted octanol–water partition coefficient (Wildman–Crippen LogP) is 3.02. The number of benzene rings is 2. The summed E-state index contributed by atoms with van der Waals surface area (Å²) in [4.78, 5) is 10.8. The van der Waals surface area contributed by atoms with Gasteiger partial charge in [0.15, 0.2) is 0 Å². The van der Waals surface area contributed by atoms with Gasteiger partial charge in [-0.05, 0) is 36.4 Å². The van der Waals surface area contributed by atoms with E-state index in [4.69, 9.17) is 5.11 Å². The lowest BCUT2D eigenvalue weighted by molar-refractivity contribution is 0.0697. The standard InChI is InChI=1S/C17H14N4O2/c22-17(23)14-6-8-15(9-7-14)20-18-10-13-11-19-21(12-13)16-4-2-1-3-5-16/h1-12,20H,(H,22,23)/b18-10-. The highest BCUT2D eigenvalue weighted by Crippen LogP contribution is 2.10. The second-order valence-electron chi connectivity index (χ2n) is 4.81. The third-order valence-corrected chi connectivity index (χ3v) is 3.16. The van der Waals surface area contributed by atoms with Gasteiger partial charge in [0.1, 0.15) is 0 Å². The number of carboxylic acids is 1. The van der Waals surface area contributed by atoms with Crippen molar-refractivity contribution < 1.29 is 9.90 Å². The van der Waals surface area contributed by atoms with Crippen LogP contribution in [0.3, 0.4) is 0 Å². The highest BCUT2D eigenvalue weighted by Gasteiger charge is 2.01. The molecule has 0 bridgehead atoms. The van der Waals surface area contributed by atoms with Crippen molar-refractivity contribution in [3.8, 4) is 5.69 Å². The van der Waals surface area contributed by atoms with Gasteiger partial charge >= 0.3 is 5.97 Å². The molecule has 1 aromatic heterocycles. The van der Waals surface area contributed by atoms with E-state index in [-0.39, 0.29) is 5.56 Å². The molecule has 0 radical (unpaired) electrons. The van der Waals surface area contributed by atoms with Crippen molar-refractivity contribution in [1.82, 2.24) is 9.78 Å². The average Bonchev–Trinajstić information content (AvgIpc) is 3.05. The number of nitrogens with one attached hydrogen (secondary N) is 1. The average molecular weight is 306 g/mol. The van der Waals surface area contributed by atoms with Gasteiger partial charge in [-0.25, -0.2) is 9.48 Å². The van der Waals surface area contributed by atoms with E-state index in [0.29, 0.717) is 5.69 Å². The Balaban J connectivity index is 1.64. The molecule has 23 heavy (non-hydrogen) atoms. The van der Waals surface area contributed by atoms with Gasteiger partial charge in [0.2, 0.25) is 0 Å². The lowest BCUT2D eigenvalue weighted by Gasteiger charge is -2.00. The lowest BCUT2D eigenvalue weighted by Crippen LogP contribution is -1.96. The molecule has 1 heterocycles. The summed E-state index contributed by atoms with van der Waals surface area (Å²) in [6.07, 6.45) is 5.23. The van der Waals surface area contributed by atoms with Crippen molar-refractivity contribution in [2.45, 2.75) is 0 Å². The topological polar surface area (TPSA) is 79.5 Å². The van der Waals surface area contributed by atoms with Crippen LogP contribution in [0.4, 0.5) is 5.69 Å². The maximum absolute atomic E-state index is 10.8. The Morgan fingerprint density at radius 1 is 1.13 bits per heavy atom. The van der Waals surface area contributed by atoms with Gasteiger partial charge in [-0.2, -0.15) is 10.2 Å². The number of carboxylic acid groups (broad SMARTS) is 1. The molecule has 0 saturated heterocycles. The first-order valence-corrected chi connectivity index (χ1v) is 6.95. The molecule has 0 fully saturated rings. The molecule has 2 N–H and O–H groups in total. The summed E-state index contributed by atoms with van der Waals surface area (Å²) in [6.45, 7) is 0. The van der Waals surface area contributed by atoms with Gasteiger partial charge in [0, 0.05) is 11.8 Å². The zero-order valence-electron chi connectivity index (χ0n) is 12.1. The summed E-state index contributed by atoms with van der Waals surface area (Å²) < 4.78 is 1.77. The Bertz CT molecular complexity index is 823. The van der Waals surface area contributed by atoms with Crippen LogP contribution in [0.1, 0.15) is 15.9 Å². The number of hydrazone groups is 1. The molecule has 114 valence electrons. The molecule has 6 nitrogen and oxygen atoms in total. The Labute approximate surface area is 132 Å². The third-order valence-electron chi connectivity index (χ3n) is 3.16. The quantitative estimate of drug-likeness (QED) is 0.561. The molecule has 0 aliphatic carbocycles. The van der Waals surface area contributed by atoms with E-state index in [1.807, 2.05) is 36.5 Å². The van der Waals surface area contributed by atoms with Gasteiger partial charge in [-0.1, -0.05) is 18.2 Å². The van der Waals surface area contributed by atoms with E-state index < -0.39 is 5.97 Å². The zero-order chi connectivity index (χ0) is 16.1. The number of aromatic carboxylic acids is 1. The van der Waals surface area contributed by atoms with Crippen LogP contribution >= 0.6 is 0 Å². The van der Waals surface area contributed by atoms with E-state index in [1.165, 1.54) is 12.1 Å². The summed E-state index contributed by atoms with van der Waals surface area (Å²) in [7, 11) is 0. The number of anilines is 1. The van der Waals surface area contributed by atoms with Crippen LogP contribution in [0.5, 0.6) is 0 Å². The van der Waals surface area contributed by atoms with Crippen LogP contribution in [0, 0.1) is 0 Å². The van der Waals surface area contributed by atoms with E-state index in [9.17, 15) is 4.79 Å². The summed E-state index contributed by atoms with van der Waals surface area (Å²) >= 11 is 0. The Morgan fingerprint density at radius 3 is 2.57 bits per heavy atom. The van der Waals surface area contributed by atoms with Crippen molar-refractivity contribution in [3.05, 3.63) is 78.1 Å². The fourth-order valence-electron chi connectivity index (χ4n) is 1.99. The SMILES string of the molecule is O=C(O)c1ccc(N/N=C\c2cnn(-c3ccccc3)c2)cc1. The number of rotatable bonds is 5. The molecule has 0 aliphatic heterocycles. The Kier molecular flexibility index (Phi) is 4.15. The minimum absolute atomic E-state index is 0.240. The van der Waals surface area contributed by atoms with Crippen molar-refractivity contribution in [3.63, 3.8) is 0 Å². The molecule has 0 spiro atoms. The fourth-order valence-corrected chi connectivity index (χ4v) is 1.99. The molecular formula is C17H14N4O2. The van der Waals surface area contributed by atoms with Gasteiger partial charge in [0.25, 0.3) is 0 Å². The van der Waals surface area contributed by atoms with Crippen LogP contribution in [0.25, 0.3) is 5.69 Å². The molecule has 0 amide bonds. The number of nitrogens with zero attached hydrogens (tertiary/aromatic N) is 3. The highest BCUT2D eigenvalue weighted by atomic mass is 16.4. The van der Waals surface area contributed by atoms with E-state index in [0.717, 1.165) is 11.3 Å². The van der Waals surface area contributed by atoms with E-state index in [2.05, 4.69) is 15.6 Å². The third kappa shape index (κ3) is 3.62. The predicted molar refractivity (Wildman–Crippen MR) is 88.2 cm³/mol. The zero-order valence-corrected chi connectivity index (χ0v) is 12.1. The largest absolute Gasteiger partial charge is 0.478 e. The second kappa shape index (κ2) is 6.57. The Hall–Kier alpha value is -3.41. The molecule has 3 rings (SSSR count). The molecular weight excluding hydrogens is 292 g/mol. The smallest absolute Gasteiger partial charge is 0.335 e. The minimum Gasteiger partial charge on any atom is -0.478 e. The lowest BCUT2D eigenvalue weighted by atomic mass is 10.2. The Morgan fingerprint density at radius 2 is 1.87 bits per heavy atom. The van der Waals surface area contributed by atoms with Crippen LogP contribution in [0.2, 0.25) is 0 Å². The molecule has 0 saturated carbocycles. The van der Waals surface area contributed by atoms with Crippen molar-refractivity contribution in [1.29, 1.82) is 0 Å². The van der Waals surface area contributed by atoms with Crippen molar-refractivity contribution in [2.24, 2.45) is 5.10 Å².